The summed E-state index contributed by atoms with van der Waals surface area (Å²) in [6, 6.07) is 0. The minimum Gasteiger partial charge on any atom is -0.490 e. The molecule has 0 spiro atoms. The molecule has 3 heteroatoms. The van der Waals surface area contributed by atoms with E-state index < -0.39 is 0 Å². The number of allylic oxidation sites excluding steroid dienone is 1. The highest BCUT2D eigenvalue weighted by Gasteiger charge is 2.55. The summed E-state index contributed by atoms with van der Waals surface area (Å²) in [5.41, 5.74) is 0.815. The van der Waals surface area contributed by atoms with Gasteiger partial charge in [-0.05, 0) is 81.5 Å². The molecular weight excluding hydrogens is 324 g/mol. The molecule has 1 aliphatic heterocycles. The van der Waals surface area contributed by atoms with Gasteiger partial charge in [-0.15, -0.1) is 0 Å². The molecule has 4 rings (SSSR count). The summed E-state index contributed by atoms with van der Waals surface area (Å²) in [5.74, 6) is 2.66. The van der Waals surface area contributed by atoms with Crippen LogP contribution in [0.25, 0.3) is 0 Å². The minimum absolute atomic E-state index is 0.104. The van der Waals surface area contributed by atoms with Gasteiger partial charge in [0.25, 0.3) is 0 Å². The lowest BCUT2D eigenvalue weighted by molar-refractivity contribution is -0.119. The van der Waals surface area contributed by atoms with E-state index in [2.05, 4.69) is 20.4 Å². The van der Waals surface area contributed by atoms with Crippen molar-refractivity contribution < 1.29 is 14.3 Å². The van der Waals surface area contributed by atoms with Crippen LogP contribution in [0.1, 0.15) is 85.5 Å². The maximum absolute atomic E-state index is 12.3. The lowest BCUT2D eigenvalue weighted by Gasteiger charge is -2.26. The molecule has 26 heavy (non-hydrogen) atoms. The van der Waals surface area contributed by atoms with Gasteiger partial charge in [0, 0.05) is 6.42 Å². The zero-order valence-electron chi connectivity index (χ0n) is 17.3. The molecule has 3 nitrogen and oxygen atoms in total. The first-order chi connectivity index (χ1) is 12.4. The van der Waals surface area contributed by atoms with E-state index in [1.54, 1.807) is 0 Å². The quantitative estimate of drug-likeness (QED) is 0.332. The first kappa shape index (κ1) is 19.9. The Labute approximate surface area is 159 Å². The van der Waals surface area contributed by atoms with Crippen molar-refractivity contribution in [2.45, 2.75) is 97.2 Å². The lowest BCUT2D eigenvalue weighted by Crippen LogP contribution is -2.22. The molecule has 4 fully saturated rings. The van der Waals surface area contributed by atoms with Gasteiger partial charge >= 0.3 is 0 Å². The van der Waals surface area contributed by atoms with Crippen LogP contribution in [-0.4, -0.2) is 24.1 Å². The number of rotatable bonds is 7. The van der Waals surface area contributed by atoms with Crippen LogP contribution in [0.3, 0.4) is 0 Å². The molecule has 1 heterocycles. The van der Waals surface area contributed by atoms with E-state index in [4.69, 9.17) is 9.47 Å². The van der Waals surface area contributed by atoms with E-state index in [1.165, 1.54) is 32.1 Å². The zero-order valence-corrected chi connectivity index (χ0v) is 17.3. The van der Waals surface area contributed by atoms with Crippen LogP contribution in [0.2, 0.25) is 0 Å². The van der Waals surface area contributed by atoms with Crippen LogP contribution in [-0.2, 0) is 14.3 Å². The number of Topliss-reactive ketones (excluding diaryl/α,β-unsaturated/α-hetero) is 1. The summed E-state index contributed by atoms with van der Waals surface area (Å²) in [4.78, 5) is 12.3. The summed E-state index contributed by atoms with van der Waals surface area (Å²) in [6.45, 7) is 13.2. The Hall–Kier alpha value is -0.830. The van der Waals surface area contributed by atoms with Crippen molar-refractivity contribution in [3.05, 3.63) is 12.3 Å². The highest BCUT2D eigenvalue weighted by Crippen LogP contribution is 2.62. The normalized spacial score (nSPS) is 42.5. The number of carbonyl (C=O) groups excluding carboxylic acids is 1. The van der Waals surface area contributed by atoms with Gasteiger partial charge in [-0.2, -0.15) is 0 Å². The molecule has 6 atom stereocenters. The number of ether oxygens (including phenoxy) is 2. The Bertz CT molecular complexity index is 494. The Kier molecular flexibility index (Phi) is 5.86. The van der Waals surface area contributed by atoms with Gasteiger partial charge < -0.3 is 9.47 Å². The number of carbonyl (C=O) groups is 1. The van der Waals surface area contributed by atoms with Crippen molar-refractivity contribution in [2.75, 3.05) is 6.61 Å². The van der Waals surface area contributed by atoms with E-state index in [0.717, 1.165) is 25.2 Å². The maximum atomic E-state index is 12.3. The minimum atomic E-state index is 0.104. The SMILES string of the molecule is C=C(OCC1CCC2(C)CC2C1)C(=O)CCC1CCC2(C)OC2C1.CC. The Morgan fingerprint density at radius 1 is 1.15 bits per heavy atom. The summed E-state index contributed by atoms with van der Waals surface area (Å²) in [7, 11) is 0. The van der Waals surface area contributed by atoms with Crippen molar-refractivity contribution in [1.82, 2.24) is 0 Å². The fourth-order valence-corrected chi connectivity index (χ4v) is 5.14. The maximum Gasteiger partial charge on any atom is 0.196 e. The van der Waals surface area contributed by atoms with Crippen molar-refractivity contribution in [1.29, 1.82) is 0 Å². The Morgan fingerprint density at radius 2 is 1.88 bits per heavy atom. The number of hydrogen-bond donors (Lipinski definition) is 0. The summed E-state index contributed by atoms with van der Waals surface area (Å²) in [5, 5.41) is 0. The van der Waals surface area contributed by atoms with Gasteiger partial charge in [0.1, 0.15) is 0 Å². The third-order valence-corrected chi connectivity index (χ3v) is 7.50. The largest absolute Gasteiger partial charge is 0.490 e. The predicted molar refractivity (Wildman–Crippen MR) is 105 cm³/mol. The molecule has 0 amide bonds. The van der Waals surface area contributed by atoms with E-state index >= 15 is 0 Å². The summed E-state index contributed by atoms with van der Waals surface area (Å²) < 4.78 is 11.5. The second-order valence-corrected chi connectivity index (χ2v) is 9.45. The first-order valence-corrected chi connectivity index (χ1v) is 10.9. The van der Waals surface area contributed by atoms with Gasteiger partial charge in [0.2, 0.25) is 0 Å². The second-order valence-electron chi connectivity index (χ2n) is 9.45. The third-order valence-electron chi connectivity index (χ3n) is 7.50. The fourth-order valence-electron chi connectivity index (χ4n) is 5.14. The molecule has 0 aromatic carbocycles. The molecule has 0 aromatic heterocycles. The van der Waals surface area contributed by atoms with Gasteiger partial charge in [-0.25, -0.2) is 0 Å². The molecule has 0 bridgehead atoms. The monoisotopic (exact) mass is 362 g/mol. The standard InChI is InChI=1S/C21H32O3.C2H6/c1-14(23-13-16-6-8-20(2)12-17(20)10-16)18(22)5-4-15-7-9-21(3)19(11-15)24-21;1-2/h15-17,19H,1,4-13H2,2-3H3;1-2H3. The van der Waals surface area contributed by atoms with E-state index in [9.17, 15) is 4.79 Å². The average molecular weight is 363 g/mol. The lowest BCUT2D eigenvalue weighted by atomic mass is 9.80. The number of fused-ring (bicyclic) bond motifs is 2. The Balaban J connectivity index is 0.000000948. The molecule has 6 unspecified atom stereocenters. The third kappa shape index (κ3) is 4.35. The molecule has 148 valence electrons. The smallest absolute Gasteiger partial charge is 0.196 e. The first-order valence-electron chi connectivity index (χ1n) is 10.9. The van der Waals surface area contributed by atoms with Crippen LogP contribution in [0.15, 0.2) is 12.3 Å². The molecule has 4 aliphatic rings. The van der Waals surface area contributed by atoms with Gasteiger partial charge in [-0.1, -0.05) is 27.4 Å². The highest BCUT2D eigenvalue weighted by atomic mass is 16.6. The van der Waals surface area contributed by atoms with Gasteiger partial charge in [0.15, 0.2) is 11.5 Å². The molecule has 1 saturated heterocycles. The molecule has 0 aromatic rings. The van der Waals surface area contributed by atoms with Crippen LogP contribution < -0.4 is 0 Å². The van der Waals surface area contributed by atoms with Crippen LogP contribution in [0.4, 0.5) is 0 Å². The van der Waals surface area contributed by atoms with Gasteiger partial charge in [0.05, 0.1) is 18.3 Å². The van der Waals surface area contributed by atoms with Crippen molar-refractivity contribution >= 4 is 5.78 Å². The average Bonchev–Trinajstić information content (AvgIpc) is 3.51. The molecule has 3 aliphatic carbocycles. The van der Waals surface area contributed by atoms with Crippen molar-refractivity contribution in [3.8, 4) is 0 Å². The van der Waals surface area contributed by atoms with E-state index in [-0.39, 0.29) is 11.4 Å². The van der Waals surface area contributed by atoms with Crippen LogP contribution in [0.5, 0.6) is 0 Å². The number of epoxide rings is 1. The fraction of sp³-hybridized carbons (Fsp3) is 0.870. The molecule has 0 radical (unpaired) electrons. The van der Waals surface area contributed by atoms with Crippen LogP contribution in [0, 0.1) is 23.2 Å². The second kappa shape index (κ2) is 7.66. The highest BCUT2D eigenvalue weighted by molar-refractivity contribution is 5.92. The number of hydrogen-bond acceptors (Lipinski definition) is 3. The summed E-state index contributed by atoms with van der Waals surface area (Å²) in [6.07, 6.45) is 10.7. The molecule has 3 saturated carbocycles. The zero-order chi connectivity index (χ0) is 18.9. The molecule has 0 N–H and O–H groups in total. The van der Waals surface area contributed by atoms with Crippen molar-refractivity contribution in [2.24, 2.45) is 23.2 Å². The van der Waals surface area contributed by atoms with Gasteiger partial charge in [-0.3, -0.25) is 4.79 Å². The van der Waals surface area contributed by atoms with E-state index in [1.807, 2.05) is 13.8 Å². The van der Waals surface area contributed by atoms with Crippen LogP contribution >= 0.6 is 0 Å². The van der Waals surface area contributed by atoms with E-state index in [0.29, 0.717) is 42.1 Å². The summed E-state index contributed by atoms with van der Waals surface area (Å²) >= 11 is 0. The van der Waals surface area contributed by atoms with Crippen molar-refractivity contribution in [3.63, 3.8) is 0 Å². The molecular formula is C23H38O3. The number of ketones is 1. The topological polar surface area (TPSA) is 38.8 Å². The Morgan fingerprint density at radius 3 is 2.58 bits per heavy atom. The predicted octanol–water partition coefficient (Wildman–Crippen LogP) is 5.68.